The Morgan fingerprint density at radius 2 is 2.22 bits per heavy atom. The second-order valence-corrected chi connectivity index (χ2v) is 7.87. The van der Waals surface area contributed by atoms with Crippen LogP contribution in [0.1, 0.15) is 45.7 Å². The van der Waals surface area contributed by atoms with Crippen molar-refractivity contribution in [2.75, 3.05) is 18.4 Å². The molecule has 2 fully saturated rings. The summed E-state index contributed by atoms with van der Waals surface area (Å²) in [6.07, 6.45) is 4.99. The van der Waals surface area contributed by atoms with Gasteiger partial charge in [0, 0.05) is 25.0 Å². The molecule has 1 aromatic rings. The zero-order valence-corrected chi connectivity index (χ0v) is 14.4. The van der Waals surface area contributed by atoms with Gasteiger partial charge in [-0.05, 0) is 58.4 Å². The largest absolute Gasteiger partial charge is 0.444 e. The number of nitrogens with one attached hydrogen (secondary N) is 1. The molecule has 1 saturated carbocycles. The van der Waals surface area contributed by atoms with E-state index in [9.17, 15) is 4.79 Å². The molecule has 6 heteroatoms. The molecule has 1 aliphatic heterocycles. The molecule has 1 spiro atoms. The van der Waals surface area contributed by atoms with E-state index in [4.69, 9.17) is 4.74 Å². The standard InChI is InChI=1S/C17H26N4O2/c1-12-5-8-18-14(20-12)19-10-13-9-17(6-7-17)11-21(13)15(22)23-16(2,3)4/h5,8,13H,6-7,9-11H2,1-4H3,(H,18,19,20)/t13-/m0/s1. The minimum absolute atomic E-state index is 0.136. The highest BCUT2D eigenvalue weighted by Gasteiger charge is 2.53. The van der Waals surface area contributed by atoms with Gasteiger partial charge >= 0.3 is 6.09 Å². The molecular weight excluding hydrogens is 292 g/mol. The van der Waals surface area contributed by atoms with Gasteiger partial charge < -0.3 is 15.0 Å². The second kappa shape index (κ2) is 5.65. The molecule has 0 radical (unpaired) electrons. The van der Waals surface area contributed by atoms with E-state index in [2.05, 4.69) is 15.3 Å². The van der Waals surface area contributed by atoms with Crippen LogP contribution in [-0.4, -0.2) is 45.7 Å². The number of nitrogens with zero attached hydrogens (tertiary/aromatic N) is 3. The normalized spacial score (nSPS) is 22.3. The van der Waals surface area contributed by atoms with E-state index < -0.39 is 5.60 Å². The first-order valence-electron chi connectivity index (χ1n) is 8.30. The monoisotopic (exact) mass is 318 g/mol. The van der Waals surface area contributed by atoms with Gasteiger partial charge in [0.05, 0.1) is 6.04 Å². The predicted octanol–water partition coefficient (Wildman–Crippen LogP) is 2.99. The van der Waals surface area contributed by atoms with Crippen LogP contribution >= 0.6 is 0 Å². The zero-order chi connectivity index (χ0) is 16.7. The lowest BCUT2D eigenvalue weighted by Gasteiger charge is -2.28. The summed E-state index contributed by atoms with van der Waals surface area (Å²) in [4.78, 5) is 23.0. The summed E-state index contributed by atoms with van der Waals surface area (Å²) in [5, 5.41) is 3.27. The van der Waals surface area contributed by atoms with E-state index in [1.165, 1.54) is 12.8 Å². The molecule has 0 unspecified atom stereocenters. The number of hydrogen-bond acceptors (Lipinski definition) is 5. The topological polar surface area (TPSA) is 67.4 Å². The van der Waals surface area contributed by atoms with E-state index in [1.807, 2.05) is 38.7 Å². The van der Waals surface area contributed by atoms with Gasteiger partial charge in [0.25, 0.3) is 0 Å². The molecule has 0 aromatic carbocycles. The van der Waals surface area contributed by atoms with Crippen molar-refractivity contribution < 1.29 is 9.53 Å². The Labute approximate surface area is 137 Å². The Kier molecular flexibility index (Phi) is 3.94. The average Bonchev–Trinajstić information content (AvgIpc) is 3.07. The summed E-state index contributed by atoms with van der Waals surface area (Å²) in [6, 6.07) is 2.00. The van der Waals surface area contributed by atoms with E-state index in [1.54, 1.807) is 6.20 Å². The van der Waals surface area contributed by atoms with Crippen molar-refractivity contribution in [2.45, 2.75) is 58.6 Å². The third-order valence-corrected chi connectivity index (χ3v) is 4.49. The summed E-state index contributed by atoms with van der Waals surface area (Å²) in [5.41, 5.74) is 0.793. The third-order valence-electron chi connectivity index (χ3n) is 4.49. The van der Waals surface area contributed by atoms with Crippen molar-refractivity contribution in [1.82, 2.24) is 14.9 Å². The summed E-state index contributed by atoms with van der Waals surface area (Å²) >= 11 is 0. The number of likely N-dealkylation sites (tertiary alicyclic amines) is 1. The number of amides is 1. The minimum atomic E-state index is -0.464. The van der Waals surface area contributed by atoms with Crippen LogP contribution in [0, 0.1) is 12.3 Å². The first kappa shape index (κ1) is 16.0. The second-order valence-electron chi connectivity index (χ2n) is 7.87. The van der Waals surface area contributed by atoms with Crippen molar-refractivity contribution in [3.05, 3.63) is 18.0 Å². The Hall–Kier alpha value is -1.85. The van der Waals surface area contributed by atoms with Crippen LogP contribution < -0.4 is 5.32 Å². The van der Waals surface area contributed by atoms with Crippen LogP contribution in [0.3, 0.4) is 0 Å². The van der Waals surface area contributed by atoms with E-state index >= 15 is 0 Å². The fourth-order valence-corrected chi connectivity index (χ4v) is 3.16. The summed E-state index contributed by atoms with van der Waals surface area (Å²) in [6.45, 7) is 9.12. The van der Waals surface area contributed by atoms with E-state index in [0.717, 1.165) is 18.7 Å². The van der Waals surface area contributed by atoms with Gasteiger partial charge in [0.15, 0.2) is 0 Å². The average molecular weight is 318 g/mol. The van der Waals surface area contributed by atoms with Gasteiger partial charge in [0.1, 0.15) is 5.60 Å². The van der Waals surface area contributed by atoms with E-state index in [-0.39, 0.29) is 12.1 Å². The SMILES string of the molecule is Cc1ccnc(NC[C@@H]2CC3(CC3)CN2C(=O)OC(C)(C)C)n1. The highest BCUT2D eigenvalue weighted by molar-refractivity contribution is 5.69. The first-order valence-corrected chi connectivity index (χ1v) is 8.30. The number of carbonyl (C=O) groups is 1. The molecule has 126 valence electrons. The van der Waals surface area contributed by atoms with Crippen molar-refractivity contribution in [1.29, 1.82) is 0 Å². The molecule has 1 aromatic heterocycles. The lowest BCUT2D eigenvalue weighted by atomic mass is 10.0. The lowest BCUT2D eigenvalue weighted by molar-refractivity contribution is 0.0228. The van der Waals surface area contributed by atoms with Crippen molar-refractivity contribution >= 4 is 12.0 Å². The fourth-order valence-electron chi connectivity index (χ4n) is 3.16. The molecule has 1 saturated heterocycles. The molecule has 2 aliphatic rings. The number of carbonyl (C=O) groups excluding carboxylic acids is 1. The molecule has 1 amide bonds. The van der Waals surface area contributed by atoms with Crippen LogP contribution in [-0.2, 0) is 4.74 Å². The van der Waals surface area contributed by atoms with Crippen molar-refractivity contribution in [2.24, 2.45) is 5.41 Å². The molecule has 1 N–H and O–H groups in total. The maximum Gasteiger partial charge on any atom is 0.410 e. The highest BCUT2D eigenvalue weighted by atomic mass is 16.6. The maximum absolute atomic E-state index is 12.5. The molecule has 1 aliphatic carbocycles. The van der Waals surface area contributed by atoms with Gasteiger partial charge in [-0.1, -0.05) is 0 Å². The smallest absolute Gasteiger partial charge is 0.410 e. The molecule has 0 bridgehead atoms. The minimum Gasteiger partial charge on any atom is -0.444 e. The van der Waals surface area contributed by atoms with Crippen LogP contribution in [0.4, 0.5) is 10.7 Å². The molecule has 6 nitrogen and oxygen atoms in total. The number of hydrogen-bond donors (Lipinski definition) is 1. The van der Waals surface area contributed by atoms with Crippen LogP contribution in [0.15, 0.2) is 12.3 Å². The number of anilines is 1. The van der Waals surface area contributed by atoms with Crippen molar-refractivity contribution in [3.63, 3.8) is 0 Å². The number of aryl methyl sites for hydroxylation is 1. The van der Waals surface area contributed by atoms with Gasteiger partial charge in [-0.25, -0.2) is 14.8 Å². The van der Waals surface area contributed by atoms with Crippen LogP contribution in [0.5, 0.6) is 0 Å². The first-order chi connectivity index (χ1) is 10.8. The predicted molar refractivity (Wildman–Crippen MR) is 88.3 cm³/mol. The Morgan fingerprint density at radius 3 is 2.83 bits per heavy atom. The van der Waals surface area contributed by atoms with Crippen LogP contribution in [0.2, 0.25) is 0 Å². The van der Waals surface area contributed by atoms with Gasteiger partial charge in [-0.2, -0.15) is 0 Å². The molecule has 2 heterocycles. The van der Waals surface area contributed by atoms with Gasteiger partial charge in [-0.15, -0.1) is 0 Å². The number of aromatic nitrogens is 2. The summed E-state index contributed by atoms with van der Waals surface area (Å²) in [7, 11) is 0. The van der Waals surface area contributed by atoms with Gasteiger partial charge in [0.2, 0.25) is 5.95 Å². The Morgan fingerprint density at radius 1 is 1.48 bits per heavy atom. The zero-order valence-electron chi connectivity index (χ0n) is 14.4. The molecule has 1 atom stereocenters. The summed E-state index contributed by atoms with van der Waals surface area (Å²) in [5.74, 6) is 0.617. The number of rotatable bonds is 3. The summed E-state index contributed by atoms with van der Waals surface area (Å²) < 4.78 is 5.57. The van der Waals surface area contributed by atoms with Crippen LogP contribution in [0.25, 0.3) is 0 Å². The number of ether oxygens (including phenoxy) is 1. The van der Waals surface area contributed by atoms with Gasteiger partial charge in [-0.3, -0.25) is 0 Å². The molecule has 23 heavy (non-hydrogen) atoms. The van der Waals surface area contributed by atoms with E-state index in [0.29, 0.717) is 17.9 Å². The lowest BCUT2D eigenvalue weighted by Crippen LogP contribution is -2.42. The molecular formula is C17H26N4O2. The molecule has 3 rings (SSSR count). The fraction of sp³-hybridized carbons (Fsp3) is 0.706. The maximum atomic E-state index is 12.5. The third kappa shape index (κ3) is 3.92. The Balaban J connectivity index is 1.65. The quantitative estimate of drug-likeness (QED) is 0.928. The van der Waals surface area contributed by atoms with Crippen molar-refractivity contribution in [3.8, 4) is 0 Å². The highest BCUT2D eigenvalue weighted by Crippen LogP contribution is 2.54. The Bertz CT molecular complexity index is 593.